The van der Waals surface area contributed by atoms with Crippen LogP contribution in [0, 0.1) is 0 Å². The summed E-state index contributed by atoms with van der Waals surface area (Å²) in [5.74, 6) is 1.41. The molecule has 13 heteroatoms. The minimum Gasteiger partial charge on any atom is -0.382 e. The first-order chi connectivity index (χ1) is 9.58. The topological polar surface area (TPSA) is 230 Å². The fourth-order valence-corrected chi connectivity index (χ4v) is 0.794. The minimum absolute atomic E-state index is 0.352. The van der Waals surface area contributed by atoms with Crippen LogP contribution >= 0.6 is 0 Å². The van der Waals surface area contributed by atoms with Crippen molar-refractivity contribution >= 4 is 33.7 Å². The Balaban J connectivity index is 0.000000296. The molecule has 0 saturated carbocycles. The summed E-state index contributed by atoms with van der Waals surface area (Å²) in [6, 6.07) is 0. The van der Waals surface area contributed by atoms with Crippen molar-refractivity contribution in [1.82, 2.24) is 19.9 Å². The van der Waals surface area contributed by atoms with Gasteiger partial charge in [-0.2, -0.15) is 8.42 Å². The molecule has 0 aliphatic heterocycles. The normalized spacial score (nSPS) is 9.62. The molecule has 116 valence electrons. The summed E-state index contributed by atoms with van der Waals surface area (Å²) >= 11 is 0. The van der Waals surface area contributed by atoms with Gasteiger partial charge in [-0.1, -0.05) is 0 Å². The average molecular weight is 318 g/mol. The molecule has 2 heterocycles. The molecular weight excluding hydrogens is 304 g/mol. The van der Waals surface area contributed by atoms with Crippen LogP contribution < -0.4 is 22.9 Å². The zero-order valence-corrected chi connectivity index (χ0v) is 11.3. The number of rotatable bonds is 0. The summed E-state index contributed by atoms with van der Waals surface area (Å²) in [6.45, 7) is 0. The van der Waals surface area contributed by atoms with E-state index in [4.69, 9.17) is 40.5 Å². The first-order valence-electron chi connectivity index (χ1n) is 4.94. The van der Waals surface area contributed by atoms with E-state index in [0.29, 0.717) is 23.3 Å². The Morgan fingerprint density at radius 2 is 0.905 bits per heavy atom. The third-order valence-electron chi connectivity index (χ3n) is 1.34. The van der Waals surface area contributed by atoms with Gasteiger partial charge in [0.2, 0.25) is 0 Å². The van der Waals surface area contributed by atoms with Crippen LogP contribution in [-0.2, 0) is 10.4 Å². The van der Waals surface area contributed by atoms with Gasteiger partial charge in [-0.3, -0.25) is 19.1 Å². The van der Waals surface area contributed by atoms with E-state index in [9.17, 15) is 0 Å². The van der Waals surface area contributed by atoms with Crippen LogP contribution in [0.1, 0.15) is 0 Å². The van der Waals surface area contributed by atoms with Crippen LogP contribution in [0.15, 0.2) is 24.8 Å². The number of hydrogen-bond acceptors (Lipinski definition) is 10. The fraction of sp³-hybridized carbons (Fsp3) is 0. The zero-order chi connectivity index (χ0) is 16.5. The van der Waals surface area contributed by atoms with Crippen molar-refractivity contribution in [2.45, 2.75) is 0 Å². The van der Waals surface area contributed by atoms with Gasteiger partial charge in [0.1, 0.15) is 23.3 Å². The quantitative estimate of drug-likeness (QED) is 0.309. The molecule has 0 unspecified atom stereocenters. The van der Waals surface area contributed by atoms with Gasteiger partial charge in [0.05, 0.1) is 24.8 Å². The smallest absolute Gasteiger partial charge is 0.382 e. The molecule has 2 rings (SSSR count). The highest BCUT2D eigenvalue weighted by molar-refractivity contribution is 7.79. The van der Waals surface area contributed by atoms with E-state index in [2.05, 4.69) is 19.9 Å². The van der Waals surface area contributed by atoms with Crippen molar-refractivity contribution in [3.63, 3.8) is 0 Å². The van der Waals surface area contributed by atoms with Crippen LogP contribution in [0.5, 0.6) is 0 Å². The van der Waals surface area contributed by atoms with E-state index < -0.39 is 10.4 Å². The van der Waals surface area contributed by atoms with Crippen molar-refractivity contribution in [2.75, 3.05) is 22.9 Å². The number of nitrogens with two attached hydrogens (primary N) is 4. The van der Waals surface area contributed by atoms with Gasteiger partial charge in [0.25, 0.3) is 0 Å². The third-order valence-corrected chi connectivity index (χ3v) is 1.34. The summed E-state index contributed by atoms with van der Waals surface area (Å²) in [4.78, 5) is 14.7. The Morgan fingerprint density at radius 1 is 0.714 bits per heavy atom. The van der Waals surface area contributed by atoms with Crippen molar-refractivity contribution in [3.05, 3.63) is 24.8 Å². The number of nitrogen functional groups attached to an aromatic ring is 4. The largest absolute Gasteiger partial charge is 0.394 e. The van der Waals surface area contributed by atoms with Gasteiger partial charge >= 0.3 is 10.4 Å². The molecule has 0 radical (unpaired) electrons. The van der Waals surface area contributed by atoms with E-state index in [1.165, 1.54) is 24.8 Å². The highest BCUT2D eigenvalue weighted by Crippen LogP contribution is 1.95. The molecule has 0 aromatic carbocycles. The van der Waals surface area contributed by atoms with Crippen molar-refractivity contribution in [1.29, 1.82) is 0 Å². The van der Waals surface area contributed by atoms with Crippen LogP contribution in [0.4, 0.5) is 23.3 Å². The predicted octanol–water partition coefficient (Wildman–Crippen LogP) is -1.37. The average Bonchev–Trinajstić information content (AvgIpc) is 2.26. The van der Waals surface area contributed by atoms with Gasteiger partial charge in [0, 0.05) is 0 Å². The summed E-state index contributed by atoms with van der Waals surface area (Å²) in [5, 5.41) is 0. The lowest BCUT2D eigenvalue weighted by Crippen LogP contribution is -1.95. The summed E-state index contributed by atoms with van der Waals surface area (Å²) in [5.41, 5.74) is 20.8. The number of hydrogen-bond donors (Lipinski definition) is 6. The molecule has 0 saturated heterocycles. The summed E-state index contributed by atoms with van der Waals surface area (Å²) < 4.78 is 31.6. The van der Waals surface area contributed by atoms with Crippen LogP contribution in [0.2, 0.25) is 0 Å². The maximum atomic E-state index is 8.74. The molecule has 0 amide bonds. The first kappa shape index (κ1) is 18.2. The van der Waals surface area contributed by atoms with Crippen LogP contribution in [-0.4, -0.2) is 37.5 Å². The molecule has 21 heavy (non-hydrogen) atoms. The third kappa shape index (κ3) is 13.5. The Kier molecular flexibility index (Phi) is 7.30. The minimum atomic E-state index is -4.67. The molecule has 0 aliphatic rings. The summed E-state index contributed by atoms with van der Waals surface area (Å²) in [7, 11) is -4.67. The highest BCUT2D eigenvalue weighted by atomic mass is 32.3. The van der Waals surface area contributed by atoms with Gasteiger partial charge in [-0.05, 0) is 0 Å². The molecule has 12 nitrogen and oxygen atoms in total. The van der Waals surface area contributed by atoms with Crippen molar-refractivity contribution in [2.24, 2.45) is 0 Å². The lowest BCUT2D eigenvalue weighted by atomic mass is 10.6. The molecule has 0 bridgehead atoms. The number of anilines is 4. The summed E-state index contributed by atoms with van der Waals surface area (Å²) in [6.07, 6.45) is 5.76. The molecule has 0 spiro atoms. The van der Waals surface area contributed by atoms with E-state index in [1.807, 2.05) is 0 Å². The Bertz CT molecular complexity index is 579. The molecule has 2 aromatic rings. The van der Waals surface area contributed by atoms with Gasteiger partial charge < -0.3 is 22.9 Å². The highest BCUT2D eigenvalue weighted by Gasteiger charge is 1.85. The first-order valence-corrected chi connectivity index (χ1v) is 6.33. The Morgan fingerprint density at radius 3 is 1.00 bits per heavy atom. The van der Waals surface area contributed by atoms with Crippen LogP contribution in [0.3, 0.4) is 0 Å². The second-order valence-corrected chi connectivity index (χ2v) is 4.08. The van der Waals surface area contributed by atoms with E-state index in [1.54, 1.807) is 0 Å². The van der Waals surface area contributed by atoms with E-state index in [0.717, 1.165) is 0 Å². The zero-order valence-electron chi connectivity index (χ0n) is 10.5. The molecule has 0 fully saturated rings. The SMILES string of the molecule is Nc1cncc(N)n1.Nc1cncc(N)n1.O=S(=O)(O)O. The Hall–Kier alpha value is -2.77. The standard InChI is InChI=1S/2C4H6N4.H2O4S/c2*5-3-1-7-2-4(6)8-3;1-5(2,3)4/h2*1-2H,(H4,5,6,8);(H2,1,2,3,4). The Labute approximate surface area is 119 Å². The molecule has 0 atom stereocenters. The second-order valence-electron chi connectivity index (χ2n) is 3.19. The van der Waals surface area contributed by atoms with Crippen molar-refractivity contribution in [3.8, 4) is 0 Å². The van der Waals surface area contributed by atoms with Crippen LogP contribution in [0.25, 0.3) is 0 Å². The molecule has 0 aliphatic carbocycles. The lowest BCUT2D eigenvalue weighted by Gasteiger charge is -1.89. The molecule has 10 N–H and O–H groups in total. The van der Waals surface area contributed by atoms with Gasteiger partial charge in [-0.25, -0.2) is 9.97 Å². The molecule has 2 aromatic heterocycles. The second kappa shape index (κ2) is 8.41. The van der Waals surface area contributed by atoms with Gasteiger partial charge in [0.15, 0.2) is 0 Å². The molecular formula is C8H14N8O4S. The number of nitrogens with zero attached hydrogens (tertiary/aromatic N) is 4. The monoisotopic (exact) mass is 318 g/mol. The van der Waals surface area contributed by atoms with E-state index >= 15 is 0 Å². The fourth-order valence-electron chi connectivity index (χ4n) is 0.794. The van der Waals surface area contributed by atoms with Crippen molar-refractivity contribution < 1.29 is 17.5 Å². The lowest BCUT2D eigenvalue weighted by molar-refractivity contribution is 0.381. The maximum Gasteiger partial charge on any atom is 0.394 e. The maximum absolute atomic E-state index is 8.74. The number of aromatic nitrogens is 4. The predicted molar refractivity (Wildman–Crippen MR) is 75.9 cm³/mol. The van der Waals surface area contributed by atoms with Gasteiger partial charge in [-0.15, -0.1) is 0 Å². The van der Waals surface area contributed by atoms with E-state index in [-0.39, 0.29) is 0 Å².